The average molecular weight is 547 g/mol. The van der Waals surface area contributed by atoms with E-state index in [1.165, 1.54) is 12.1 Å². The third-order valence-corrected chi connectivity index (χ3v) is 5.63. The number of ether oxygens (including phenoxy) is 4. The van der Waals surface area contributed by atoms with E-state index in [4.69, 9.17) is 30.5 Å². The number of nitrogens with zero attached hydrogens (tertiary/aromatic N) is 1. The Morgan fingerprint density at radius 3 is 2.57 bits per heavy atom. The van der Waals surface area contributed by atoms with Crippen LogP contribution in [0.2, 0.25) is 5.02 Å². The molecule has 0 spiro atoms. The number of carbonyl (C=O) groups is 1. The molecule has 1 unspecified atom stereocenters. The van der Waals surface area contributed by atoms with Crippen LogP contribution in [-0.4, -0.2) is 43.0 Å². The second-order valence-electron chi connectivity index (χ2n) is 8.15. The fourth-order valence-electron chi connectivity index (χ4n) is 3.43. The van der Waals surface area contributed by atoms with Crippen molar-refractivity contribution in [2.24, 2.45) is 0 Å². The lowest BCUT2D eigenvalue weighted by Crippen LogP contribution is -2.44. The Hall–Kier alpha value is -3.09. The van der Waals surface area contributed by atoms with Crippen molar-refractivity contribution < 1.29 is 41.8 Å². The van der Waals surface area contributed by atoms with Crippen LogP contribution in [0, 0.1) is 10.1 Å². The minimum Gasteiger partial charge on any atom is -0.473 e. The van der Waals surface area contributed by atoms with Crippen LogP contribution in [-0.2, 0) is 20.4 Å². The number of carbonyl (C=O) groups excluding carboxylic acids is 1. The summed E-state index contributed by atoms with van der Waals surface area (Å²) in [5.74, 6) is -0.826. The van der Waals surface area contributed by atoms with E-state index < -0.39 is 40.7 Å². The largest absolute Gasteiger partial charge is 0.473 e. The molecule has 1 aliphatic rings. The van der Waals surface area contributed by atoms with E-state index in [2.05, 4.69) is 5.32 Å². The van der Waals surface area contributed by atoms with Crippen molar-refractivity contribution in [3.8, 4) is 17.2 Å². The molecule has 2 aromatic rings. The Labute approximate surface area is 215 Å². The minimum absolute atomic E-state index is 0.0147. The lowest BCUT2D eigenvalue weighted by Gasteiger charge is -2.25. The summed E-state index contributed by atoms with van der Waals surface area (Å²) in [4.78, 5) is 23.8. The molecule has 0 bridgehead atoms. The summed E-state index contributed by atoms with van der Waals surface area (Å²) >= 11 is 5.95. The Morgan fingerprint density at radius 2 is 1.95 bits per heavy atom. The van der Waals surface area contributed by atoms with Gasteiger partial charge in [-0.15, -0.1) is 0 Å². The molecular formula is C24H26ClF3N2O7. The molecule has 1 amide bonds. The van der Waals surface area contributed by atoms with Crippen molar-refractivity contribution >= 4 is 23.2 Å². The van der Waals surface area contributed by atoms with Crippen molar-refractivity contribution in [2.75, 3.05) is 19.8 Å². The molecular weight excluding hydrogens is 521 g/mol. The van der Waals surface area contributed by atoms with E-state index in [-0.39, 0.29) is 35.2 Å². The molecule has 0 radical (unpaired) electrons. The van der Waals surface area contributed by atoms with Crippen LogP contribution in [0.1, 0.15) is 38.2 Å². The SMILES string of the molecule is CCCCC(Oc1cc(Oc2ccc(C(F)(F)F)cc2Cl)ccc1[N+](=O)[O-])C(=O)NCC1OCCCO1. The summed E-state index contributed by atoms with van der Waals surface area (Å²) in [7, 11) is 0. The van der Waals surface area contributed by atoms with E-state index in [0.29, 0.717) is 25.7 Å². The number of alkyl halides is 3. The van der Waals surface area contributed by atoms with Crippen molar-refractivity contribution in [1.82, 2.24) is 5.32 Å². The van der Waals surface area contributed by atoms with Crippen LogP contribution in [0.25, 0.3) is 0 Å². The third-order valence-electron chi connectivity index (χ3n) is 5.34. The lowest BCUT2D eigenvalue weighted by atomic mass is 10.1. The molecule has 9 nitrogen and oxygen atoms in total. The number of rotatable bonds is 11. The second-order valence-corrected chi connectivity index (χ2v) is 8.56. The van der Waals surface area contributed by atoms with Crippen LogP contribution < -0.4 is 14.8 Å². The van der Waals surface area contributed by atoms with Crippen molar-refractivity contribution in [3.05, 3.63) is 57.1 Å². The summed E-state index contributed by atoms with van der Waals surface area (Å²) in [5.41, 5.74) is -1.37. The molecule has 1 saturated heterocycles. The van der Waals surface area contributed by atoms with E-state index >= 15 is 0 Å². The van der Waals surface area contributed by atoms with E-state index in [1.807, 2.05) is 6.92 Å². The smallest absolute Gasteiger partial charge is 0.416 e. The summed E-state index contributed by atoms with van der Waals surface area (Å²) in [6.07, 6.45) is -3.84. The van der Waals surface area contributed by atoms with Crippen LogP contribution in [0.4, 0.5) is 18.9 Å². The van der Waals surface area contributed by atoms with Gasteiger partial charge in [-0.05, 0) is 43.5 Å². The highest BCUT2D eigenvalue weighted by atomic mass is 35.5. The molecule has 13 heteroatoms. The lowest BCUT2D eigenvalue weighted by molar-refractivity contribution is -0.386. The van der Waals surface area contributed by atoms with Crippen LogP contribution in [0.5, 0.6) is 17.2 Å². The first-order valence-electron chi connectivity index (χ1n) is 11.6. The van der Waals surface area contributed by atoms with Gasteiger partial charge < -0.3 is 24.3 Å². The van der Waals surface area contributed by atoms with Gasteiger partial charge >= 0.3 is 11.9 Å². The zero-order valence-corrected chi connectivity index (χ0v) is 20.6. The van der Waals surface area contributed by atoms with Gasteiger partial charge in [0.05, 0.1) is 35.3 Å². The summed E-state index contributed by atoms with van der Waals surface area (Å²) in [6, 6.07) is 6.10. The number of halogens is 4. The quantitative estimate of drug-likeness (QED) is 0.277. The minimum atomic E-state index is -4.58. The molecule has 1 fully saturated rings. The third kappa shape index (κ3) is 8.20. The van der Waals surface area contributed by atoms with E-state index in [0.717, 1.165) is 31.0 Å². The maximum absolute atomic E-state index is 12.9. The normalized spacial score (nSPS) is 15.2. The highest BCUT2D eigenvalue weighted by Crippen LogP contribution is 2.39. The highest BCUT2D eigenvalue weighted by molar-refractivity contribution is 6.32. The second kappa shape index (κ2) is 12.9. The number of hydrogen-bond donors (Lipinski definition) is 1. The summed E-state index contributed by atoms with van der Waals surface area (Å²) in [6.45, 7) is 3.03. The number of amides is 1. The Balaban J connectivity index is 1.79. The van der Waals surface area contributed by atoms with Crippen molar-refractivity contribution in [2.45, 2.75) is 51.2 Å². The predicted molar refractivity (Wildman–Crippen MR) is 127 cm³/mol. The molecule has 202 valence electrons. The number of nitrogens with one attached hydrogen (secondary N) is 1. The number of hydrogen-bond acceptors (Lipinski definition) is 7. The molecule has 37 heavy (non-hydrogen) atoms. The molecule has 1 atom stereocenters. The Morgan fingerprint density at radius 1 is 1.22 bits per heavy atom. The van der Waals surface area contributed by atoms with Gasteiger partial charge in [0.25, 0.3) is 5.91 Å². The zero-order valence-electron chi connectivity index (χ0n) is 19.9. The molecule has 2 aromatic carbocycles. The highest BCUT2D eigenvalue weighted by Gasteiger charge is 2.31. The molecule has 1 N–H and O–H groups in total. The van der Waals surface area contributed by atoms with E-state index in [1.54, 1.807) is 0 Å². The van der Waals surface area contributed by atoms with Gasteiger partial charge in [-0.2, -0.15) is 13.2 Å². The number of unbranched alkanes of at least 4 members (excludes halogenated alkanes) is 1. The van der Waals surface area contributed by atoms with Gasteiger partial charge in [-0.1, -0.05) is 24.9 Å². The summed E-state index contributed by atoms with van der Waals surface area (Å²) < 4.78 is 60.9. The Kier molecular flexibility index (Phi) is 9.95. The van der Waals surface area contributed by atoms with Gasteiger partial charge in [0.2, 0.25) is 5.75 Å². The fraction of sp³-hybridized carbons (Fsp3) is 0.458. The first-order chi connectivity index (χ1) is 17.6. The standard InChI is InChI=1S/C24H26ClF3N2O7/c1-2-3-5-20(23(31)29-14-22-34-10-4-11-35-22)37-21-13-16(7-8-18(21)30(32)33)36-19-9-6-15(12-17(19)25)24(26,27)28/h6-9,12-13,20,22H,2-5,10-11,14H2,1H3,(H,29,31). The van der Waals surface area contributed by atoms with Gasteiger partial charge in [0.1, 0.15) is 11.5 Å². The van der Waals surface area contributed by atoms with Gasteiger partial charge in [0.15, 0.2) is 12.4 Å². The zero-order chi connectivity index (χ0) is 27.0. The summed E-state index contributed by atoms with van der Waals surface area (Å²) in [5, 5.41) is 14.0. The molecule has 0 aliphatic carbocycles. The van der Waals surface area contributed by atoms with Crippen LogP contribution in [0.15, 0.2) is 36.4 Å². The molecule has 3 rings (SSSR count). The molecule has 0 saturated carbocycles. The number of nitro benzene ring substituents is 1. The maximum atomic E-state index is 12.9. The van der Waals surface area contributed by atoms with Crippen LogP contribution >= 0.6 is 11.6 Å². The van der Waals surface area contributed by atoms with Crippen LogP contribution in [0.3, 0.4) is 0 Å². The predicted octanol–water partition coefficient (Wildman–Crippen LogP) is 5.88. The fourth-order valence-corrected chi connectivity index (χ4v) is 3.65. The monoisotopic (exact) mass is 546 g/mol. The van der Waals surface area contributed by atoms with Crippen molar-refractivity contribution in [1.29, 1.82) is 0 Å². The first kappa shape index (κ1) is 28.5. The average Bonchev–Trinajstić information content (AvgIpc) is 2.86. The first-order valence-corrected chi connectivity index (χ1v) is 12.0. The number of benzene rings is 2. The molecule has 1 heterocycles. The van der Waals surface area contributed by atoms with Crippen molar-refractivity contribution in [3.63, 3.8) is 0 Å². The van der Waals surface area contributed by atoms with Gasteiger partial charge in [-0.3, -0.25) is 14.9 Å². The topological polar surface area (TPSA) is 109 Å². The number of nitro groups is 1. The molecule has 1 aliphatic heterocycles. The Bertz CT molecular complexity index is 1090. The van der Waals surface area contributed by atoms with E-state index in [9.17, 15) is 28.1 Å². The van der Waals surface area contributed by atoms with Gasteiger partial charge in [0, 0.05) is 12.1 Å². The maximum Gasteiger partial charge on any atom is 0.416 e. The van der Waals surface area contributed by atoms with Gasteiger partial charge in [-0.25, -0.2) is 0 Å². The molecule has 0 aromatic heterocycles.